The minimum absolute atomic E-state index is 0.0840. The lowest BCUT2D eigenvalue weighted by molar-refractivity contribution is -0.162. The summed E-state index contributed by atoms with van der Waals surface area (Å²) in [5.41, 5.74) is -1.47. The number of fused-ring (bicyclic) bond motifs is 6. The predicted molar refractivity (Wildman–Crippen MR) is 155 cm³/mol. The van der Waals surface area contributed by atoms with E-state index in [1.54, 1.807) is 6.08 Å². The summed E-state index contributed by atoms with van der Waals surface area (Å²) in [4.78, 5) is 54.1. The maximum Gasteiger partial charge on any atom is 0.334 e. The average molecular weight is 591 g/mol. The van der Waals surface area contributed by atoms with Gasteiger partial charge in [-0.3, -0.25) is 14.4 Å². The first-order valence-corrected chi connectivity index (χ1v) is 15.7. The van der Waals surface area contributed by atoms with Crippen LogP contribution in [0.15, 0.2) is 47.1 Å². The van der Waals surface area contributed by atoms with Crippen molar-refractivity contribution in [3.63, 3.8) is 0 Å². The molecule has 1 spiro atoms. The minimum atomic E-state index is -1.21. The summed E-state index contributed by atoms with van der Waals surface area (Å²) in [6, 6.07) is 0. The molecule has 7 aliphatic rings. The van der Waals surface area contributed by atoms with Gasteiger partial charge in [0.1, 0.15) is 18.3 Å². The van der Waals surface area contributed by atoms with Gasteiger partial charge in [0.25, 0.3) is 0 Å². The summed E-state index contributed by atoms with van der Waals surface area (Å²) in [6.07, 6.45) is 5.52. The molecular formula is C35H42O8. The first-order valence-electron chi connectivity index (χ1n) is 15.7. The van der Waals surface area contributed by atoms with Crippen LogP contribution in [0.1, 0.15) is 73.6 Å². The van der Waals surface area contributed by atoms with E-state index in [2.05, 4.69) is 12.7 Å². The summed E-state index contributed by atoms with van der Waals surface area (Å²) < 4.78 is 18.8. The maximum absolute atomic E-state index is 14.7. The van der Waals surface area contributed by atoms with E-state index in [9.17, 15) is 24.3 Å². The normalized spacial score (nSPS) is 47.6. The Labute approximate surface area is 252 Å². The highest BCUT2D eigenvalue weighted by Gasteiger charge is 2.84. The Bertz CT molecular complexity index is 1480. The van der Waals surface area contributed by atoms with Crippen molar-refractivity contribution in [1.29, 1.82) is 0 Å². The van der Waals surface area contributed by atoms with Crippen LogP contribution in [0.2, 0.25) is 0 Å². The fraction of sp³-hybridized carbons (Fsp3) is 0.657. The molecule has 0 aromatic carbocycles. The monoisotopic (exact) mass is 590 g/mol. The SMILES string of the molecule is C=C1C(=O)O[C@@H]2[C@@H]3[C@@]4(C=C[C@@]3(C)C3(C4)C(=O)O[C@@H]4[C@H]5C(C)=CC(=O)C5=C(C)C[C@H](OC(=O)CC(C)C)[C@H]43)[C@](C)(O)CC[C@@H]12. The molecule has 8 nitrogen and oxygen atoms in total. The lowest BCUT2D eigenvalue weighted by atomic mass is 9.54. The van der Waals surface area contributed by atoms with Crippen LogP contribution >= 0.6 is 0 Å². The molecular weight excluding hydrogens is 548 g/mol. The Morgan fingerprint density at radius 3 is 2.56 bits per heavy atom. The van der Waals surface area contributed by atoms with Crippen LogP contribution in [-0.2, 0) is 33.4 Å². The summed E-state index contributed by atoms with van der Waals surface area (Å²) in [6.45, 7) is 15.6. The van der Waals surface area contributed by atoms with Crippen molar-refractivity contribution in [2.45, 2.75) is 97.6 Å². The Balaban J connectivity index is 1.42. The van der Waals surface area contributed by atoms with Gasteiger partial charge in [-0.15, -0.1) is 0 Å². The number of hydrogen-bond acceptors (Lipinski definition) is 8. The molecule has 11 atom stereocenters. The quantitative estimate of drug-likeness (QED) is 0.220. The number of allylic oxidation sites excluding steroid dienone is 2. The van der Waals surface area contributed by atoms with E-state index in [1.165, 1.54) is 0 Å². The van der Waals surface area contributed by atoms with Gasteiger partial charge in [-0.05, 0) is 52.0 Å². The fourth-order valence-corrected chi connectivity index (χ4v) is 10.7. The molecule has 7 rings (SSSR count). The molecule has 43 heavy (non-hydrogen) atoms. The van der Waals surface area contributed by atoms with Crippen molar-refractivity contribution in [3.8, 4) is 0 Å². The second-order valence-corrected chi connectivity index (χ2v) is 15.2. The fourth-order valence-electron chi connectivity index (χ4n) is 10.7. The van der Waals surface area contributed by atoms with Gasteiger partial charge in [0, 0.05) is 52.6 Å². The lowest BCUT2D eigenvalue weighted by Crippen LogP contribution is -2.53. The molecule has 230 valence electrons. The largest absolute Gasteiger partial charge is 0.462 e. The van der Waals surface area contributed by atoms with Crippen molar-refractivity contribution in [1.82, 2.24) is 0 Å². The zero-order chi connectivity index (χ0) is 31.0. The van der Waals surface area contributed by atoms with Crippen LogP contribution in [-0.4, -0.2) is 52.7 Å². The molecule has 0 aromatic heterocycles. The van der Waals surface area contributed by atoms with Gasteiger partial charge in [0.05, 0.1) is 16.9 Å². The number of carbonyl (C=O) groups excluding carboxylic acids is 4. The Morgan fingerprint density at radius 2 is 1.86 bits per heavy atom. The number of hydrogen-bond donors (Lipinski definition) is 1. The number of ether oxygens (including phenoxy) is 3. The summed E-state index contributed by atoms with van der Waals surface area (Å²) in [5, 5.41) is 12.3. The average Bonchev–Trinajstić information content (AvgIpc) is 3.57. The van der Waals surface area contributed by atoms with Crippen molar-refractivity contribution in [2.24, 2.45) is 45.8 Å². The van der Waals surface area contributed by atoms with Gasteiger partial charge < -0.3 is 19.3 Å². The number of esters is 3. The van der Waals surface area contributed by atoms with Crippen LogP contribution in [0.5, 0.6) is 0 Å². The molecule has 2 heterocycles. The molecule has 2 saturated heterocycles. The van der Waals surface area contributed by atoms with E-state index < -0.39 is 69.9 Å². The van der Waals surface area contributed by atoms with Crippen LogP contribution < -0.4 is 0 Å². The highest BCUT2D eigenvalue weighted by molar-refractivity contribution is 6.09. The number of aliphatic hydroxyl groups is 1. The van der Waals surface area contributed by atoms with E-state index >= 15 is 0 Å². The highest BCUT2D eigenvalue weighted by Crippen LogP contribution is 2.80. The van der Waals surface area contributed by atoms with E-state index in [4.69, 9.17) is 14.2 Å². The minimum Gasteiger partial charge on any atom is -0.462 e. The highest BCUT2D eigenvalue weighted by atomic mass is 16.6. The second kappa shape index (κ2) is 8.80. The standard InChI is InChI=1S/C35H42O8/c1-16(2)12-23(37)41-22-14-18(4)24-21(36)13-17(3)25(24)28-26(22)35(31(39)43-28)15-34-11-10-32(35,6)29(34)27-20(8-9-33(34,7)40)19(5)30(38)42-27/h10-11,13,16,20,22,25-29,40H,5,8-9,12,14-15H2,1-4,6-7H3/t20-,22-,25-,26+,27-,28+,29-,32+,33+,34-,35?/m0/s1. The van der Waals surface area contributed by atoms with Gasteiger partial charge in [-0.2, -0.15) is 0 Å². The van der Waals surface area contributed by atoms with Gasteiger partial charge in [-0.1, -0.05) is 50.6 Å². The molecule has 4 fully saturated rings. The first kappa shape index (κ1) is 28.8. The third-order valence-corrected chi connectivity index (χ3v) is 12.6. The molecule has 5 aliphatic carbocycles. The summed E-state index contributed by atoms with van der Waals surface area (Å²) in [5.74, 6) is -2.87. The molecule has 8 heteroatoms. The van der Waals surface area contributed by atoms with Crippen LogP contribution in [0.4, 0.5) is 0 Å². The smallest absolute Gasteiger partial charge is 0.334 e. The molecule has 0 radical (unpaired) electrons. The van der Waals surface area contributed by atoms with E-state index in [1.807, 2.05) is 47.6 Å². The van der Waals surface area contributed by atoms with Crippen molar-refractivity contribution in [3.05, 3.63) is 47.1 Å². The zero-order valence-corrected chi connectivity index (χ0v) is 25.9. The van der Waals surface area contributed by atoms with E-state index in [0.29, 0.717) is 30.4 Å². The van der Waals surface area contributed by atoms with Crippen molar-refractivity contribution in [2.75, 3.05) is 0 Å². The second-order valence-electron chi connectivity index (χ2n) is 15.2. The first-order chi connectivity index (χ1) is 20.1. The summed E-state index contributed by atoms with van der Waals surface area (Å²) >= 11 is 0. The molecule has 2 aliphatic heterocycles. The van der Waals surface area contributed by atoms with Gasteiger partial charge in [0.15, 0.2) is 5.78 Å². The van der Waals surface area contributed by atoms with Gasteiger partial charge in [-0.25, -0.2) is 4.79 Å². The van der Waals surface area contributed by atoms with Gasteiger partial charge >= 0.3 is 17.9 Å². The molecule has 0 aromatic rings. The van der Waals surface area contributed by atoms with Crippen LogP contribution in [0, 0.1) is 45.8 Å². The van der Waals surface area contributed by atoms with E-state index in [-0.39, 0.29) is 36.4 Å². The molecule has 2 bridgehead atoms. The Kier molecular flexibility index (Phi) is 5.88. The third-order valence-electron chi connectivity index (χ3n) is 12.6. The van der Waals surface area contributed by atoms with Crippen molar-refractivity contribution >= 4 is 23.7 Å². The van der Waals surface area contributed by atoms with Crippen LogP contribution in [0.25, 0.3) is 0 Å². The molecule has 0 amide bonds. The van der Waals surface area contributed by atoms with Crippen LogP contribution in [0.3, 0.4) is 0 Å². The third kappa shape index (κ3) is 3.36. The number of carbonyl (C=O) groups is 4. The topological polar surface area (TPSA) is 116 Å². The van der Waals surface area contributed by atoms with E-state index in [0.717, 1.165) is 11.1 Å². The maximum atomic E-state index is 14.7. The van der Waals surface area contributed by atoms with Crippen molar-refractivity contribution < 1.29 is 38.5 Å². The summed E-state index contributed by atoms with van der Waals surface area (Å²) in [7, 11) is 0. The number of rotatable bonds is 3. The Morgan fingerprint density at radius 1 is 1.14 bits per heavy atom. The molecule has 2 saturated carbocycles. The Hall–Kier alpha value is -3.00. The number of ketones is 1. The molecule has 1 unspecified atom stereocenters. The zero-order valence-electron chi connectivity index (χ0n) is 25.9. The molecule has 1 N–H and O–H groups in total. The predicted octanol–water partition coefficient (Wildman–Crippen LogP) is 4.56. The van der Waals surface area contributed by atoms with Gasteiger partial charge in [0.2, 0.25) is 0 Å². The lowest BCUT2D eigenvalue weighted by Gasteiger charge is -2.46.